The van der Waals surface area contributed by atoms with Gasteiger partial charge in [-0.2, -0.15) is 0 Å². The minimum Gasteiger partial charge on any atom is -0.493 e. The Morgan fingerprint density at radius 3 is 2.00 bits per heavy atom. The highest BCUT2D eigenvalue weighted by molar-refractivity contribution is 5.88. The number of aryl methyl sites for hydroxylation is 2. The smallest absolute Gasteiger partial charge is 0.194 e. The largest absolute Gasteiger partial charge is 0.493 e. The predicted octanol–water partition coefficient (Wildman–Crippen LogP) is 7.92. The summed E-state index contributed by atoms with van der Waals surface area (Å²) >= 11 is 0. The Labute approximate surface area is 192 Å². The molecule has 0 spiro atoms. The van der Waals surface area contributed by atoms with Crippen LogP contribution >= 0.6 is 0 Å². The molecule has 0 amide bonds. The Morgan fingerprint density at radius 2 is 1.35 bits per heavy atom. The summed E-state index contributed by atoms with van der Waals surface area (Å²) in [5, 5.41) is 0.671. The average Bonchev–Trinajstić information content (AvgIpc) is 2.80. The van der Waals surface area contributed by atoms with Crippen molar-refractivity contribution in [3.05, 3.63) is 101 Å². The SMILES string of the molecule is CCCOc1cc(F)c(-c2ccc3c(F)c(CCc4cc(F)c(F)c(F)c4)ccc3c2)c(F)c1. The second-order valence-electron chi connectivity index (χ2n) is 7.96. The summed E-state index contributed by atoms with van der Waals surface area (Å²) in [6.07, 6.45) is 0.912. The minimum atomic E-state index is -1.55. The molecule has 0 fully saturated rings. The van der Waals surface area contributed by atoms with Gasteiger partial charge >= 0.3 is 0 Å². The highest BCUT2D eigenvalue weighted by Crippen LogP contribution is 2.33. The Morgan fingerprint density at radius 1 is 0.676 bits per heavy atom. The van der Waals surface area contributed by atoms with Crippen LogP contribution in [0.3, 0.4) is 0 Å². The van der Waals surface area contributed by atoms with E-state index in [1.165, 1.54) is 24.3 Å². The summed E-state index contributed by atoms with van der Waals surface area (Å²) < 4.78 is 89.6. The van der Waals surface area contributed by atoms with Crippen molar-refractivity contribution in [1.29, 1.82) is 0 Å². The van der Waals surface area contributed by atoms with E-state index in [1.54, 1.807) is 6.07 Å². The molecule has 7 heteroatoms. The van der Waals surface area contributed by atoms with E-state index in [0.29, 0.717) is 24.0 Å². The molecular formula is C27H20F6O. The number of hydrogen-bond donors (Lipinski definition) is 0. The van der Waals surface area contributed by atoms with Crippen molar-refractivity contribution < 1.29 is 31.1 Å². The Bertz CT molecular complexity index is 1320. The fourth-order valence-corrected chi connectivity index (χ4v) is 3.85. The number of ether oxygens (including phenoxy) is 1. The summed E-state index contributed by atoms with van der Waals surface area (Å²) in [4.78, 5) is 0. The lowest BCUT2D eigenvalue weighted by molar-refractivity contribution is 0.314. The number of hydrogen-bond acceptors (Lipinski definition) is 1. The summed E-state index contributed by atoms with van der Waals surface area (Å²) in [5.74, 6) is -6.18. The van der Waals surface area contributed by atoms with Crippen molar-refractivity contribution in [2.45, 2.75) is 26.2 Å². The quantitative estimate of drug-likeness (QED) is 0.195. The molecule has 0 aromatic heterocycles. The first-order chi connectivity index (χ1) is 16.3. The van der Waals surface area contributed by atoms with Gasteiger partial charge in [-0.05, 0) is 59.5 Å². The summed E-state index contributed by atoms with van der Waals surface area (Å²) in [6, 6.07) is 11.4. The zero-order valence-electron chi connectivity index (χ0n) is 18.2. The first-order valence-corrected chi connectivity index (χ1v) is 10.7. The molecule has 0 atom stereocenters. The van der Waals surface area contributed by atoms with Gasteiger partial charge in [0.25, 0.3) is 0 Å². The molecule has 4 aromatic carbocycles. The fourth-order valence-electron chi connectivity index (χ4n) is 3.85. The van der Waals surface area contributed by atoms with E-state index in [9.17, 15) is 22.0 Å². The zero-order valence-corrected chi connectivity index (χ0v) is 18.2. The van der Waals surface area contributed by atoms with Gasteiger partial charge in [-0.3, -0.25) is 0 Å². The lowest BCUT2D eigenvalue weighted by atomic mass is 9.96. The monoisotopic (exact) mass is 474 g/mol. The Hall–Kier alpha value is -3.48. The van der Waals surface area contributed by atoms with E-state index < -0.39 is 34.9 Å². The van der Waals surface area contributed by atoms with Gasteiger partial charge in [-0.15, -0.1) is 0 Å². The highest BCUT2D eigenvalue weighted by atomic mass is 19.2. The molecule has 0 saturated heterocycles. The van der Waals surface area contributed by atoms with Crippen LogP contribution in [0.1, 0.15) is 24.5 Å². The molecule has 0 heterocycles. The van der Waals surface area contributed by atoms with Crippen LogP contribution in [0.4, 0.5) is 26.3 Å². The van der Waals surface area contributed by atoms with Crippen molar-refractivity contribution in [1.82, 2.24) is 0 Å². The lowest BCUT2D eigenvalue weighted by Crippen LogP contribution is -2.00. The minimum absolute atomic E-state index is 0.0947. The number of fused-ring (bicyclic) bond motifs is 1. The van der Waals surface area contributed by atoms with Gasteiger partial charge < -0.3 is 4.74 Å². The maximum absolute atomic E-state index is 15.1. The third-order valence-corrected chi connectivity index (χ3v) is 5.54. The number of halogens is 6. The molecule has 0 radical (unpaired) electrons. The van der Waals surface area contributed by atoms with Gasteiger partial charge in [-0.25, -0.2) is 26.3 Å². The van der Waals surface area contributed by atoms with Crippen LogP contribution in [0.25, 0.3) is 21.9 Å². The fraction of sp³-hybridized carbons (Fsp3) is 0.185. The maximum atomic E-state index is 15.1. The molecule has 176 valence electrons. The topological polar surface area (TPSA) is 9.23 Å². The van der Waals surface area contributed by atoms with Crippen LogP contribution in [0.2, 0.25) is 0 Å². The Kier molecular flexibility index (Phi) is 6.82. The average molecular weight is 474 g/mol. The standard InChI is InChI=1S/C27H20F6O/c1-2-9-34-19-13-21(28)25(22(29)14-19)18-7-8-20-17(12-18)6-5-16(26(20)32)4-3-15-10-23(30)27(33)24(31)11-15/h5-8,10-14H,2-4,9H2,1H3. The van der Waals surface area contributed by atoms with Gasteiger partial charge in [0.05, 0.1) is 12.2 Å². The molecule has 0 saturated carbocycles. The van der Waals surface area contributed by atoms with Crippen molar-refractivity contribution in [3.63, 3.8) is 0 Å². The van der Waals surface area contributed by atoms with Gasteiger partial charge in [0, 0.05) is 17.5 Å². The number of benzene rings is 4. The first kappa shape index (κ1) is 23.7. The molecule has 1 nitrogen and oxygen atoms in total. The van der Waals surface area contributed by atoms with Crippen LogP contribution in [-0.2, 0) is 12.8 Å². The maximum Gasteiger partial charge on any atom is 0.194 e. The second kappa shape index (κ2) is 9.79. The first-order valence-electron chi connectivity index (χ1n) is 10.7. The van der Waals surface area contributed by atoms with Gasteiger partial charge in [0.2, 0.25) is 0 Å². The second-order valence-corrected chi connectivity index (χ2v) is 7.96. The normalized spacial score (nSPS) is 11.3. The van der Waals surface area contributed by atoms with Gasteiger partial charge in [0.15, 0.2) is 17.5 Å². The van der Waals surface area contributed by atoms with E-state index in [1.807, 2.05) is 6.92 Å². The van der Waals surface area contributed by atoms with E-state index >= 15 is 4.39 Å². The molecule has 0 aliphatic carbocycles. The number of rotatable bonds is 7. The van der Waals surface area contributed by atoms with Crippen LogP contribution in [0.15, 0.2) is 54.6 Å². The van der Waals surface area contributed by atoms with E-state index in [0.717, 1.165) is 24.3 Å². The van der Waals surface area contributed by atoms with E-state index in [2.05, 4.69) is 0 Å². The van der Waals surface area contributed by atoms with Crippen LogP contribution in [0.5, 0.6) is 5.75 Å². The summed E-state index contributed by atoms with van der Waals surface area (Å²) in [7, 11) is 0. The summed E-state index contributed by atoms with van der Waals surface area (Å²) in [5.41, 5.74) is 0.494. The molecule has 34 heavy (non-hydrogen) atoms. The Balaban J connectivity index is 1.61. The van der Waals surface area contributed by atoms with E-state index in [-0.39, 0.29) is 40.7 Å². The molecule has 0 aliphatic rings. The molecule has 0 aliphatic heterocycles. The van der Waals surface area contributed by atoms with Crippen molar-refractivity contribution in [3.8, 4) is 16.9 Å². The van der Waals surface area contributed by atoms with Crippen LogP contribution in [-0.4, -0.2) is 6.61 Å². The van der Waals surface area contributed by atoms with Crippen molar-refractivity contribution in [2.75, 3.05) is 6.61 Å². The summed E-state index contributed by atoms with van der Waals surface area (Å²) in [6.45, 7) is 2.21. The predicted molar refractivity (Wildman–Crippen MR) is 119 cm³/mol. The highest BCUT2D eigenvalue weighted by Gasteiger charge is 2.16. The van der Waals surface area contributed by atoms with Crippen molar-refractivity contribution >= 4 is 10.8 Å². The zero-order chi connectivity index (χ0) is 24.4. The van der Waals surface area contributed by atoms with Gasteiger partial charge in [0.1, 0.15) is 23.2 Å². The molecule has 4 aromatic rings. The van der Waals surface area contributed by atoms with Crippen molar-refractivity contribution in [2.24, 2.45) is 0 Å². The molecule has 0 unspecified atom stereocenters. The molecule has 4 rings (SSSR count). The van der Waals surface area contributed by atoms with Crippen LogP contribution in [0, 0.1) is 34.9 Å². The van der Waals surface area contributed by atoms with E-state index in [4.69, 9.17) is 4.74 Å². The molecule has 0 bridgehead atoms. The molecule has 0 N–H and O–H groups in total. The third-order valence-electron chi connectivity index (χ3n) is 5.54. The molecular weight excluding hydrogens is 454 g/mol. The van der Waals surface area contributed by atoms with Gasteiger partial charge in [-0.1, -0.05) is 31.2 Å². The lowest BCUT2D eigenvalue weighted by Gasteiger charge is -2.12. The third kappa shape index (κ3) is 4.74. The van der Waals surface area contributed by atoms with Crippen LogP contribution < -0.4 is 4.74 Å².